The predicted octanol–water partition coefficient (Wildman–Crippen LogP) is 2.10. The van der Waals surface area contributed by atoms with E-state index in [1.54, 1.807) is 6.20 Å². The molecule has 0 saturated heterocycles. The third-order valence-electron chi connectivity index (χ3n) is 5.06. The molecule has 3 heterocycles. The van der Waals surface area contributed by atoms with Crippen molar-refractivity contribution in [2.45, 2.75) is 32.9 Å². The van der Waals surface area contributed by atoms with Gasteiger partial charge in [-0.1, -0.05) is 30.3 Å². The van der Waals surface area contributed by atoms with Crippen molar-refractivity contribution >= 4 is 5.91 Å². The van der Waals surface area contributed by atoms with Gasteiger partial charge in [0.1, 0.15) is 5.82 Å². The standard InChI is InChI=1S/C20H23N5O/c1-15-22-18-8-9-24(14-19(18)23(15)2)20(26)10-17-11-21-25(13-17)12-16-6-4-3-5-7-16/h3-7,11,13H,8-10,12,14H2,1-2H3. The summed E-state index contributed by atoms with van der Waals surface area (Å²) in [6, 6.07) is 10.2. The molecule has 134 valence electrons. The second-order valence-electron chi connectivity index (χ2n) is 6.89. The van der Waals surface area contributed by atoms with Crippen molar-refractivity contribution in [1.29, 1.82) is 0 Å². The minimum Gasteiger partial charge on any atom is -0.336 e. The molecule has 1 aliphatic rings. The fourth-order valence-electron chi connectivity index (χ4n) is 3.48. The lowest BCUT2D eigenvalue weighted by molar-refractivity contribution is -0.131. The fourth-order valence-corrected chi connectivity index (χ4v) is 3.48. The normalized spacial score (nSPS) is 13.7. The third-order valence-corrected chi connectivity index (χ3v) is 5.06. The zero-order valence-electron chi connectivity index (χ0n) is 15.2. The number of aromatic nitrogens is 4. The third kappa shape index (κ3) is 3.27. The molecule has 0 spiro atoms. The molecule has 0 unspecified atom stereocenters. The van der Waals surface area contributed by atoms with Crippen LogP contribution in [0, 0.1) is 6.92 Å². The van der Waals surface area contributed by atoms with Gasteiger partial charge >= 0.3 is 0 Å². The van der Waals surface area contributed by atoms with E-state index in [1.165, 1.54) is 5.56 Å². The topological polar surface area (TPSA) is 56.0 Å². The number of hydrogen-bond donors (Lipinski definition) is 0. The average molecular weight is 349 g/mol. The van der Waals surface area contributed by atoms with Gasteiger partial charge in [-0.3, -0.25) is 9.48 Å². The number of hydrogen-bond acceptors (Lipinski definition) is 3. The number of nitrogens with zero attached hydrogens (tertiary/aromatic N) is 5. The van der Waals surface area contributed by atoms with E-state index >= 15 is 0 Å². The van der Waals surface area contributed by atoms with Gasteiger partial charge in [-0.2, -0.15) is 5.10 Å². The summed E-state index contributed by atoms with van der Waals surface area (Å²) in [6.45, 7) is 4.10. The van der Waals surface area contributed by atoms with Crippen LogP contribution in [0.2, 0.25) is 0 Å². The molecule has 6 heteroatoms. The van der Waals surface area contributed by atoms with Gasteiger partial charge < -0.3 is 9.47 Å². The molecule has 0 radical (unpaired) electrons. The van der Waals surface area contributed by atoms with Crippen molar-refractivity contribution in [3.05, 3.63) is 71.1 Å². The Kier molecular flexibility index (Phi) is 4.32. The maximum absolute atomic E-state index is 12.7. The van der Waals surface area contributed by atoms with E-state index in [2.05, 4.69) is 26.8 Å². The molecule has 0 fully saturated rings. The van der Waals surface area contributed by atoms with Gasteiger partial charge in [-0.15, -0.1) is 0 Å². The summed E-state index contributed by atoms with van der Waals surface area (Å²) in [5, 5.41) is 4.39. The van der Waals surface area contributed by atoms with Crippen LogP contribution in [0.25, 0.3) is 0 Å². The Bertz CT molecular complexity index is 925. The summed E-state index contributed by atoms with van der Waals surface area (Å²) in [6.07, 6.45) is 4.98. The van der Waals surface area contributed by atoms with E-state index in [0.29, 0.717) is 13.0 Å². The molecular weight excluding hydrogens is 326 g/mol. The summed E-state index contributed by atoms with van der Waals surface area (Å²) in [5.41, 5.74) is 4.44. The lowest BCUT2D eigenvalue weighted by Crippen LogP contribution is -2.37. The first-order chi connectivity index (χ1) is 12.6. The van der Waals surface area contributed by atoms with Gasteiger partial charge in [0.05, 0.1) is 37.1 Å². The van der Waals surface area contributed by atoms with Crippen molar-refractivity contribution in [2.24, 2.45) is 7.05 Å². The molecule has 0 saturated carbocycles. The molecule has 0 bridgehead atoms. The van der Waals surface area contributed by atoms with Crippen LogP contribution in [-0.2, 0) is 37.8 Å². The minimum absolute atomic E-state index is 0.147. The predicted molar refractivity (Wildman–Crippen MR) is 98.5 cm³/mol. The Morgan fingerprint density at radius 3 is 2.81 bits per heavy atom. The first-order valence-corrected chi connectivity index (χ1v) is 8.94. The van der Waals surface area contributed by atoms with Crippen LogP contribution in [0.3, 0.4) is 0 Å². The van der Waals surface area contributed by atoms with Gasteiger partial charge in [0.25, 0.3) is 0 Å². The van der Waals surface area contributed by atoms with Crippen molar-refractivity contribution in [1.82, 2.24) is 24.2 Å². The van der Waals surface area contributed by atoms with E-state index in [0.717, 1.165) is 42.3 Å². The van der Waals surface area contributed by atoms with Crippen LogP contribution in [0.4, 0.5) is 0 Å². The maximum atomic E-state index is 12.7. The highest BCUT2D eigenvalue weighted by Gasteiger charge is 2.25. The number of imidazole rings is 1. The first kappa shape index (κ1) is 16.6. The Morgan fingerprint density at radius 2 is 2.00 bits per heavy atom. The Morgan fingerprint density at radius 1 is 1.19 bits per heavy atom. The molecule has 1 amide bonds. The molecule has 1 aliphatic heterocycles. The van der Waals surface area contributed by atoms with E-state index in [1.807, 2.05) is 47.9 Å². The second-order valence-corrected chi connectivity index (χ2v) is 6.89. The summed E-state index contributed by atoms with van der Waals surface area (Å²) >= 11 is 0. The van der Waals surface area contributed by atoms with Gasteiger partial charge in [0.2, 0.25) is 5.91 Å². The Balaban J connectivity index is 1.40. The van der Waals surface area contributed by atoms with E-state index in [4.69, 9.17) is 0 Å². The highest BCUT2D eigenvalue weighted by molar-refractivity contribution is 5.78. The van der Waals surface area contributed by atoms with Crippen LogP contribution < -0.4 is 0 Å². The van der Waals surface area contributed by atoms with E-state index in [-0.39, 0.29) is 5.91 Å². The zero-order valence-corrected chi connectivity index (χ0v) is 15.2. The Hall–Kier alpha value is -2.89. The number of rotatable bonds is 4. The number of carbonyl (C=O) groups excluding carboxylic acids is 1. The smallest absolute Gasteiger partial charge is 0.227 e. The molecule has 4 rings (SSSR count). The SMILES string of the molecule is Cc1nc2c(n1C)CN(C(=O)Cc1cnn(Cc3ccccc3)c1)CC2. The highest BCUT2D eigenvalue weighted by atomic mass is 16.2. The van der Waals surface area contributed by atoms with Crippen LogP contribution >= 0.6 is 0 Å². The zero-order chi connectivity index (χ0) is 18.1. The van der Waals surface area contributed by atoms with Crippen LogP contribution in [-0.4, -0.2) is 36.7 Å². The second kappa shape index (κ2) is 6.78. The van der Waals surface area contributed by atoms with Gasteiger partial charge in [0, 0.05) is 26.2 Å². The summed E-state index contributed by atoms with van der Waals surface area (Å²) in [5.74, 6) is 1.15. The van der Waals surface area contributed by atoms with Crippen LogP contribution in [0.15, 0.2) is 42.7 Å². The quantitative estimate of drug-likeness (QED) is 0.725. The van der Waals surface area contributed by atoms with Gasteiger partial charge in [0.15, 0.2) is 0 Å². The molecule has 26 heavy (non-hydrogen) atoms. The molecule has 1 aromatic carbocycles. The number of fused-ring (bicyclic) bond motifs is 1. The number of carbonyl (C=O) groups is 1. The molecular formula is C20H23N5O. The molecule has 0 atom stereocenters. The fraction of sp³-hybridized carbons (Fsp3) is 0.350. The molecule has 6 nitrogen and oxygen atoms in total. The molecule has 3 aromatic rings. The first-order valence-electron chi connectivity index (χ1n) is 8.94. The molecule has 0 aliphatic carbocycles. The maximum Gasteiger partial charge on any atom is 0.227 e. The van der Waals surface area contributed by atoms with Crippen molar-refractivity contribution in [3.63, 3.8) is 0 Å². The van der Waals surface area contributed by atoms with E-state index in [9.17, 15) is 4.79 Å². The monoisotopic (exact) mass is 349 g/mol. The van der Waals surface area contributed by atoms with Crippen molar-refractivity contribution < 1.29 is 4.79 Å². The number of benzene rings is 1. The largest absolute Gasteiger partial charge is 0.336 e. The van der Waals surface area contributed by atoms with E-state index < -0.39 is 0 Å². The number of amides is 1. The van der Waals surface area contributed by atoms with Gasteiger partial charge in [-0.25, -0.2) is 4.98 Å². The minimum atomic E-state index is 0.147. The Labute approximate surface area is 153 Å². The summed E-state index contributed by atoms with van der Waals surface area (Å²) < 4.78 is 3.98. The van der Waals surface area contributed by atoms with Crippen molar-refractivity contribution in [2.75, 3.05) is 6.54 Å². The molecule has 0 N–H and O–H groups in total. The van der Waals surface area contributed by atoms with Gasteiger partial charge in [-0.05, 0) is 18.1 Å². The number of aryl methyl sites for hydroxylation is 1. The van der Waals surface area contributed by atoms with Crippen molar-refractivity contribution in [3.8, 4) is 0 Å². The summed E-state index contributed by atoms with van der Waals surface area (Å²) in [4.78, 5) is 19.2. The average Bonchev–Trinajstić information content (AvgIpc) is 3.20. The lowest BCUT2D eigenvalue weighted by atomic mass is 10.1. The van der Waals surface area contributed by atoms with Crippen LogP contribution in [0.1, 0.15) is 28.3 Å². The lowest BCUT2D eigenvalue weighted by Gasteiger charge is -2.27. The summed E-state index contributed by atoms with van der Waals surface area (Å²) in [7, 11) is 2.02. The molecule has 2 aromatic heterocycles. The van der Waals surface area contributed by atoms with Crippen LogP contribution in [0.5, 0.6) is 0 Å². The highest BCUT2D eigenvalue weighted by Crippen LogP contribution is 2.20.